The van der Waals surface area contributed by atoms with E-state index in [1.54, 1.807) is 0 Å². The number of fused-ring (bicyclic) bond motifs is 2. The third kappa shape index (κ3) is 2.95. The van der Waals surface area contributed by atoms with Gasteiger partial charge < -0.3 is 14.2 Å². The molecule has 3 aromatic rings. The van der Waals surface area contributed by atoms with Crippen molar-refractivity contribution in [2.75, 3.05) is 22.9 Å². The molecule has 0 spiro atoms. The van der Waals surface area contributed by atoms with Gasteiger partial charge in [0.2, 0.25) is 5.91 Å². The third-order valence-electron chi connectivity index (χ3n) is 6.16. The Kier molecular flexibility index (Phi) is 4.30. The highest BCUT2D eigenvalue weighted by Gasteiger charge is 2.35. The molecular formula is C23H25N3O2. The van der Waals surface area contributed by atoms with Gasteiger partial charge in [0.05, 0.1) is 0 Å². The summed E-state index contributed by atoms with van der Waals surface area (Å²) < 4.78 is 5.90. The number of hydrogen-bond donors (Lipinski definition) is 0. The van der Waals surface area contributed by atoms with Gasteiger partial charge in [0.25, 0.3) is 6.01 Å². The van der Waals surface area contributed by atoms with Crippen molar-refractivity contribution in [1.29, 1.82) is 0 Å². The SMILES string of the molecule is CC1CCc2ccccc2N1C(=O)C1CCN(c2nc3ccccc3o2)CC1. The number of hydrogen-bond acceptors (Lipinski definition) is 4. The normalized spacial score (nSPS) is 20.4. The quantitative estimate of drug-likeness (QED) is 0.666. The lowest BCUT2D eigenvalue weighted by molar-refractivity contribution is -0.123. The molecule has 1 amide bonds. The van der Waals surface area contributed by atoms with Gasteiger partial charge in [0, 0.05) is 30.7 Å². The first-order valence-corrected chi connectivity index (χ1v) is 10.2. The largest absolute Gasteiger partial charge is 0.423 e. The fraction of sp³-hybridized carbons (Fsp3) is 0.391. The molecule has 5 heteroatoms. The van der Waals surface area contributed by atoms with Crippen molar-refractivity contribution in [3.05, 3.63) is 54.1 Å². The Morgan fingerprint density at radius 2 is 1.79 bits per heavy atom. The van der Waals surface area contributed by atoms with E-state index < -0.39 is 0 Å². The summed E-state index contributed by atoms with van der Waals surface area (Å²) in [7, 11) is 0. The summed E-state index contributed by atoms with van der Waals surface area (Å²) >= 11 is 0. The van der Waals surface area contributed by atoms with Crippen LogP contribution in [-0.4, -0.2) is 30.0 Å². The van der Waals surface area contributed by atoms with Crippen LogP contribution in [0.25, 0.3) is 11.1 Å². The summed E-state index contributed by atoms with van der Waals surface area (Å²) in [5.41, 5.74) is 4.09. The van der Waals surface area contributed by atoms with Crippen LogP contribution in [0.2, 0.25) is 0 Å². The second kappa shape index (κ2) is 6.97. The Bertz CT molecular complexity index is 971. The Morgan fingerprint density at radius 1 is 1.04 bits per heavy atom. The molecule has 2 aliphatic rings. The van der Waals surface area contributed by atoms with Crippen LogP contribution in [0, 0.1) is 5.92 Å². The topological polar surface area (TPSA) is 49.6 Å². The third-order valence-corrected chi connectivity index (χ3v) is 6.16. The average Bonchev–Trinajstić information content (AvgIpc) is 3.18. The molecule has 28 heavy (non-hydrogen) atoms. The van der Waals surface area contributed by atoms with E-state index in [4.69, 9.17) is 4.42 Å². The molecule has 1 unspecified atom stereocenters. The molecule has 0 aliphatic carbocycles. The van der Waals surface area contributed by atoms with Crippen LogP contribution >= 0.6 is 0 Å². The molecule has 5 rings (SSSR count). The Balaban J connectivity index is 1.31. The number of piperidine rings is 1. The number of para-hydroxylation sites is 3. The van der Waals surface area contributed by atoms with Crippen molar-refractivity contribution >= 4 is 28.7 Å². The van der Waals surface area contributed by atoms with E-state index in [2.05, 4.69) is 39.9 Å². The van der Waals surface area contributed by atoms with Crippen molar-refractivity contribution in [1.82, 2.24) is 4.98 Å². The molecular weight excluding hydrogens is 350 g/mol. The van der Waals surface area contributed by atoms with Crippen molar-refractivity contribution in [3.8, 4) is 0 Å². The zero-order chi connectivity index (χ0) is 19.1. The molecule has 0 saturated carbocycles. The van der Waals surface area contributed by atoms with Crippen LogP contribution in [0.1, 0.15) is 31.7 Å². The molecule has 2 aromatic carbocycles. The van der Waals surface area contributed by atoms with E-state index >= 15 is 0 Å². The fourth-order valence-corrected chi connectivity index (χ4v) is 4.53. The van der Waals surface area contributed by atoms with Gasteiger partial charge in [-0.25, -0.2) is 0 Å². The Labute approximate surface area is 165 Å². The monoisotopic (exact) mass is 375 g/mol. The van der Waals surface area contributed by atoms with Crippen LogP contribution in [0.4, 0.5) is 11.7 Å². The van der Waals surface area contributed by atoms with Crippen molar-refractivity contribution in [2.24, 2.45) is 5.92 Å². The van der Waals surface area contributed by atoms with E-state index in [-0.39, 0.29) is 17.9 Å². The standard InChI is InChI=1S/C23H25N3O2/c1-16-10-11-17-6-2-4-8-20(17)26(16)22(27)18-12-14-25(15-13-18)23-24-19-7-3-5-9-21(19)28-23/h2-9,16,18H,10-15H2,1H3. The fourth-order valence-electron chi connectivity index (χ4n) is 4.53. The number of aromatic nitrogens is 1. The Morgan fingerprint density at radius 3 is 2.61 bits per heavy atom. The number of nitrogens with zero attached hydrogens (tertiary/aromatic N) is 3. The van der Waals surface area contributed by atoms with Gasteiger partial charge in [-0.1, -0.05) is 30.3 Å². The number of benzene rings is 2. The first kappa shape index (κ1) is 17.3. The van der Waals surface area contributed by atoms with E-state index in [0.717, 1.165) is 55.6 Å². The van der Waals surface area contributed by atoms with Gasteiger partial charge >= 0.3 is 0 Å². The molecule has 0 bridgehead atoms. The van der Waals surface area contributed by atoms with E-state index in [1.165, 1.54) is 5.56 Å². The maximum atomic E-state index is 13.4. The molecule has 1 fully saturated rings. The molecule has 1 aromatic heterocycles. The van der Waals surface area contributed by atoms with Gasteiger partial charge in [-0.05, 0) is 56.4 Å². The molecule has 144 valence electrons. The summed E-state index contributed by atoms with van der Waals surface area (Å²) in [6, 6.07) is 17.1. The van der Waals surface area contributed by atoms with Gasteiger partial charge in [-0.15, -0.1) is 0 Å². The van der Waals surface area contributed by atoms with E-state index in [9.17, 15) is 4.79 Å². The second-order valence-corrected chi connectivity index (χ2v) is 7.95. The lowest BCUT2D eigenvalue weighted by Crippen LogP contribution is -2.48. The van der Waals surface area contributed by atoms with E-state index in [1.807, 2.05) is 30.3 Å². The minimum Gasteiger partial charge on any atom is -0.423 e. The number of carbonyl (C=O) groups excluding carboxylic acids is 1. The molecule has 0 radical (unpaired) electrons. The van der Waals surface area contributed by atoms with Crippen LogP contribution in [0.15, 0.2) is 52.9 Å². The predicted octanol–water partition coefficient (Wildman–Crippen LogP) is 4.41. The highest BCUT2D eigenvalue weighted by molar-refractivity contribution is 5.97. The van der Waals surface area contributed by atoms with E-state index in [0.29, 0.717) is 6.01 Å². The van der Waals surface area contributed by atoms with Crippen LogP contribution in [0.3, 0.4) is 0 Å². The number of aryl methyl sites for hydroxylation is 1. The molecule has 1 atom stereocenters. The summed E-state index contributed by atoms with van der Waals surface area (Å²) in [6.07, 6.45) is 3.76. The number of carbonyl (C=O) groups is 1. The smallest absolute Gasteiger partial charge is 0.298 e. The first-order chi connectivity index (χ1) is 13.7. The minimum atomic E-state index is 0.0641. The number of anilines is 2. The number of oxazole rings is 1. The van der Waals surface area contributed by atoms with Crippen molar-refractivity contribution < 1.29 is 9.21 Å². The number of rotatable bonds is 2. The van der Waals surface area contributed by atoms with Crippen LogP contribution < -0.4 is 9.80 Å². The zero-order valence-corrected chi connectivity index (χ0v) is 16.2. The molecule has 1 saturated heterocycles. The molecule has 5 nitrogen and oxygen atoms in total. The lowest BCUT2D eigenvalue weighted by Gasteiger charge is -2.39. The van der Waals surface area contributed by atoms with Gasteiger partial charge in [-0.2, -0.15) is 4.98 Å². The number of amides is 1. The summed E-state index contributed by atoms with van der Waals surface area (Å²) in [5, 5.41) is 0. The van der Waals surface area contributed by atoms with Crippen LogP contribution in [0.5, 0.6) is 0 Å². The second-order valence-electron chi connectivity index (χ2n) is 7.95. The van der Waals surface area contributed by atoms with Gasteiger partial charge in [-0.3, -0.25) is 4.79 Å². The summed E-state index contributed by atoms with van der Waals surface area (Å²) in [6.45, 7) is 3.77. The predicted molar refractivity (Wildman–Crippen MR) is 111 cm³/mol. The van der Waals surface area contributed by atoms with Crippen molar-refractivity contribution in [3.63, 3.8) is 0 Å². The highest BCUT2D eigenvalue weighted by atomic mass is 16.4. The average molecular weight is 375 g/mol. The first-order valence-electron chi connectivity index (χ1n) is 10.2. The van der Waals surface area contributed by atoms with Gasteiger partial charge in [0.15, 0.2) is 5.58 Å². The molecule has 3 heterocycles. The zero-order valence-electron chi connectivity index (χ0n) is 16.2. The molecule has 2 aliphatic heterocycles. The summed E-state index contributed by atoms with van der Waals surface area (Å²) in [5.74, 6) is 0.339. The van der Waals surface area contributed by atoms with Gasteiger partial charge in [0.1, 0.15) is 5.52 Å². The maximum Gasteiger partial charge on any atom is 0.298 e. The maximum absolute atomic E-state index is 13.4. The Hall–Kier alpha value is -2.82. The lowest BCUT2D eigenvalue weighted by atomic mass is 9.91. The minimum absolute atomic E-state index is 0.0641. The van der Waals surface area contributed by atoms with Crippen LogP contribution in [-0.2, 0) is 11.2 Å². The van der Waals surface area contributed by atoms with Crippen molar-refractivity contribution in [2.45, 2.75) is 38.6 Å². The highest BCUT2D eigenvalue weighted by Crippen LogP contribution is 2.34. The molecule has 0 N–H and O–H groups in total. The summed E-state index contributed by atoms with van der Waals surface area (Å²) in [4.78, 5) is 22.2.